The van der Waals surface area contributed by atoms with E-state index >= 15 is 0 Å². The molecule has 1 N–H and O–H groups in total. The van der Waals surface area contributed by atoms with Crippen molar-refractivity contribution in [3.8, 4) is 5.75 Å². The molecule has 0 aromatic heterocycles. The molecule has 2 rings (SSSR count). The molecule has 0 radical (unpaired) electrons. The van der Waals surface area contributed by atoms with Crippen LogP contribution in [0.4, 0.5) is 0 Å². The maximum Gasteiger partial charge on any atom is 0.251 e. The zero-order valence-corrected chi connectivity index (χ0v) is 16.6. The van der Waals surface area contributed by atoms with Crippen LogP contribution in [-0.2, 0) is 4.74 Å². The number of rotatable bonds is 8. The first-order chi connectivity index (χ1) is 12.5. The van der Waals surface area contributed by atoms with Crippen LogP contribution in [0.25, 0.3) is 0 Å². The van der Waals surface area contributed by atoms with E-state index < -0.39 is 0 Å². The Hall–Kier alpha value is -1.56. The number of piperidine rings is 1. The Morgan fingerprint density at radius 3 is 2.69 bits per heavy atom. The van der Waals surface area contributed by atoms with Gasteiger partial charge in [-0.1, -0.05) is 23.3 Å². The molecule has 6 heteroatoms. The number of nitrogens with one attached hydrogen (secondary N) is 1. The Balaban J connectivity index is 1.85. The van der Waals surface area contributed by atoms with Gasteiger partial charge in [0.2, 0.25) is 0 Å². The summed E-state index contributed by atoms with van der Waals surface area (Å²) in [5.74, 6) is 0.478. The lowest BCUT2D eigenvalue weighted by Gasteiger charge is -2.31. The number of nitrogens with zero attached hydrogens (tertiary/aromatic N) is 1. The van der Waals surface area contributed by atoms with Gasteiger partial charge in [0.05, 0.1) is 11.6 Å². The first-order valence-corrected chi connectivity index (χ1v) is 9.46. The van der Waals surface area contributed by atoms with Crippen LogP contribution in [0.2, 0.25) is 5.02 Å². The smallest absolute Gasteiger partial charge is 0.251 e. The minimum absolute atomic E-state index is 0.164. The highest BCUT2D eigenvalue weighted by molar-refractivity contribution is 6.32. The molecule has 0 unspecified atom stereocenters. The molecule has 1 fully saturated rings. The number of hydrogen-bond acceptors (Lipinski definition) is 4. The van der Waals surface area contributed by atoms with Crippen LogP contribution >= 0.6 is 11.6 Å². The first-order valence-electron chi connectivity index (χ1n) is 9.08. The maximum absolute atomic E-state index is 12.0. The minimum atomic E-state index is -0.164. The SMILES string of the molecule is COCCNC(=O)c1ccc(OC2CCN(CC=C(C)C)CC2)c(Cl)c1. The predicted octanol–water partition coefficient (Wildman–Crippen LogP) is 3.53. The molecule has 1 aliphatic heterocycles. The summed E-state index contributed by atoms with van der Waals surface area (Å²) in [4.78, 5) is 14.5. The molecule has 1 heterocycles. The van der Waals surface area contributed by atoms with Gasteiger partial charge in [0, 0.05) is 38.9 Å². The molecule has 0 bridgehead atoms. The predicted molar refractivity (Wildman–Crippen MR) is 105 cm³/mol. The average molecular weight is 381 g/mol. The fraction of sp³-hybridized carbons (Fsp3) is 0.550. The van der Waals surface area contributed by atoms with E-state index in [-0.39, 0.29) is 12.0 Å². The fourth-order valence-electron chi connectivity index (χ4n) is 2.81. The van der Waals surface area contributed by atoms with Crippen molar-refractivity contribution >= 4 is 17.5 Å². The van der Waals surface area contributed by atoms with E-state index in [1.807, 2.05) is 0 Å². The van der Waals surface area contributed by atoms with Crippen molar-refractivity contribution in [2.75, 3.05) is 39.9 Å². The molecule has 1 aliphatic rings. The number of hydrogen-bond donors (Lipinski definition) is 1. The highest BCUT2D eigenvalue weighted by atomic mass is 35.5. The largest absolute Gasteiger partial charge is 0.489 e. The van der Waals surface area contributed by atoms with E-state index in [0.717, 1.165) is 32.5 Å². The highest BCUT2D eigenvalue weighted by Crippen LogP contribution is 2.28. The molecule has 0 spiro atoms. The van der Waals surface area contributed by atoms with Gasteiger partial charge in [0.15, 0.2) is 0 Å². The summed E-state index contributed by atoms with van der Waals surface area (Å²) >= 11 is 6.32. The summed E-state index contributed by atoms with van der Waals surface area (Å²) in [5, 5.41) is 3.25. The Morgan fingerprint density at radius 2 is 2.08 bits per heavy atom. The first kappa shape index (κ1) is 20.7. The Labute approximate surface area is 161 Å². The summed E-state index contributed by atoms with van der Waals surface area (Å²) < 4.78 is 11.0. The molecule has 1 amide bonds. The molecule has 144 valence electrons. The van der Waals surface area contributed by atoms with E-state index in [1.54, 1.807) is 25.3 Å². The lowest BCUT2D eigenvalue weighted by Crippen LogP contribution is -2.38. The van der Waals surface area contributed by atoms with Crippen molar-refractivity contribution in [1.82, 2.24) is 10.2 Å². The lowest BCUT2D eigenvalue weighted by atomic mass is 10.1. The van der Waals surface area contributed by atoms with Gasteiger partial charge in [-0.2, -0.15) is 0 Å². The summed E-state index contributed by atoms with van der Waals surface area (Å²) in [5.41, 5.74) is 1.87. The van der Waals surface area contributed by atoms with E-state index in [1.165, 1.54) is 5.57 Å². The van der Waals surface area contributed by atoms with Crippen LogP contribution in [-0.4, -0.2) is 56.8 Å². The van der Waals surface area contributed by atoms with Gasteiger partial charge in [-0.25, -0.2) is 0 Å². The zero-order valence-electron chi connectivity index (χ0n) is 15.9. The summed E-state index contributed by atoms with van der Waals surface area (Å²) in [6.45, 7) is 8.24. The van der Waals surface area contributed by atoms with Crippen molar-refractivity contribution in [3.63, 3.8) is 0 Å². The fourth-order valence-corrected chi connectivity index (χ4v) is 3.03. The van der Waals surface area contributed by atoms with Gasteiger partial charge in [0.25, 0.3) is 5.91 Å². The number of carbonyl (C=O) groups is 1. The van der Waals surface area contributed by atoms with Crippen LogP contribution in [0.15, 0.2) is 29.8 Å². The van der Waals surface area contributed by atoms with Gasteiger partial charge in [-0.05, 0) is 44.9 Å². The van der Waals surface area contributed by atoms with Gasteiger partial charge in [-0.15, -0.1) is 0 Å². The van der Waals surface area contributed by atoms with E-state index in [0.29, 0.717) is 29.5 Å². The van der Waals surface area contributed by atoms with Gasteiger partial charge < -0.3 is 14.8 Å². The van der Waals surface area contributed by atoms with Crippen molar-refractivity contribution in [1.29, 1.82) is 0 Å². The van der Waals surface area contributed by atoms with Crippen LogP contribution in [0.3, 0.4) is 0 Å². The summed E-state index contributed by atoms with van der Waals surface area (Å²) in [6, 6.07) is 5.18. The number of methoxy groups -OCH3 is 1. The quantitative estimate of drug-likeness (QED) is 0.553. The van der Waals surface area contributed by atoms with Crippen LogP contribution in [0, 0.1) is 0 Å². The van der Waals surface area contributed by atoms with E-state index in [9.17, 15) is 4.79 Å². The van der Waals surface area contributed by atoms with Crippen LogP contribution < -0.4 is 10.1 Å². The Morgan fingerprint density at radius 1 is 1.35 bits per heavy atom. The molecule has 0 aliphatic carbocycles. The zero-order chi connectivity index (χ0) is 18.9. The third-order valence-electron chi connectivity index (χ3n) is 4.37. The summed E-state index contributed by atoms with van der Waals surface area (Å²) in [6.07, 6.45) is 4.38. The van der Waals surface area contributed by atoms with Crippen LogP contribution in [0.1, 0.15) is 37.0 Å². The second kappa shape index (κ2) is 10.6. The number of allylic oxidation sites excluding steroid dienone is 1. The number of amides is 1. The normalized spacial score (nSPS) is 15.5. The minimum Gasteiger partial charge on any atom is -0.489 e. The average Bonchev–Trinajstić information content (AvgIpc) is 2.63. The monoisotopic (exact) mass is 380 g/mol. The molecule has 0 saturated carbocycles. The van der Waals surface area contributed by atoms with Gasteiger partial charge in [0.1, 0.15) is 11.9 Å². The van der Waals surface area contributed by atoms with Gasteiger partial charge >= 0.3 is 0 Å². The highest BCUT2D eigenvalue weighted by Gasteiger charge is 2.21. The molecular weight excluding hydrogens is 352 g/mol. The third kappa shape index (κ3) is 6.63. The molecule has 26 heavy (non-hydrogen) atoms. The topological polar surface area (TPSA) is 50.8 Å². The molecule has 1 aromatic rings. The van der Waals surface area contributed by atoms with E-state index in [4.69, 9.17) is 21.1 Å². The number of halogens is 1. The van der Waals surface area contributed by atoms with Crippen molar-refractivity contribution in [2.24, 2.45) is 0 Å². The summed E-state index contributed by atoms with van der Waals surface area (Å²) in [7, 11) is 1.60. The third-order valence-corrected chi connectivity index (χ3v) is 4.67. The Kier molecular flexibility index (Phi) is 8.42. The second-order valence-electron chi connectivity index (χ2n) is 6.79. The van der Waals surface area contributed by atoms with Crippen molar-refractivity contribution < 1.29 is 14.3 Å². The van der Waals surface area contributed by atoms with Crippen molar-refractivity contribution in [2.45, 2.75) is 32.8 Å². The second-order valence-corrected chi connectivity index (χ2v) is 7.20. The molecule has 5 nitrogen and oxygen atoms in total. The number of benzene rings is 1. The lowest BCUT2D eigenvalue weighted by molar-refractivity contribution is 0.0936. The maximum atomic E-state index is 12.0. The van der Waals surface area contributed by atoms with Crippen LogP contribution in [0.5, 0.6) is 5.75 Å². The molecular formula is C20H29ClN2O3. The Bertz CT molecular complexity index is 621. The molecule has 0 atom stereocenters. The van der Waals surface area contributed by atoms with Crippen molar-refractivity contribution in [3.05, 3.63) is 40.4 Å². The number of carbonyl (C=O) groups excluding carboxylic acids is 1. The van der Waals surface area contributed by atoms with Gasteiger partial charge in [-0.3, -0.25) is 9.69 Å². The molecule has 1 aromatic carbocycles. The van der Waals surface area contributed by atoms with E-state index in [2.05, 4.69) is 30.1 Å². The standard InChI is InChI=1S/C20H29ClN2O3/c1-15(2)6-10-23-11-7-17(8-12-23)26-19-5-4-16(14-18(19)21)20(24)22-9-13-25-3/h4-6,14,17H,7-13H2,1-3H3,(H,22,24). The molecule has 1 saturated heterocycles. The number of likely N-dealkylation sites (tertiary alicyclic amines) is 1. The number of ether oxygens (including phenoxy) is 2.